The summed E-state index contributed by atoms with van der Waals surface area (Å²) in [6.45, 7) is 0. The van der Waals surface area contributed by atoms with E-state index < -0.39 is 0 Å². The van der Waals surface area contributed by atoms with Crippen LogP contribution in [0.1, 0.15) is 5.56 Å². The molecule has 0 aliphatic rings. The van der Waals surface area contributed by atoms with E-state index in [4.69, 9.17) is 16.9 Å². The highest BCUT2D eigenvalue weighted by Gasteiger charge is 2.08. The van der Waals surface area contributed by atoms with Crippen LogP contribution in [0.2, 0.25) is 5.15 Å². The van der Waals surface area contributed by atoms with Crippen molar-refractivity contribution in [2.24, 2.45) is 10.2 Å². The number of fused-ring (bicyclic) bond motifs is 1. The Balaban J connectivity index is 1.99. The van der Waals surface area contributed by atoms with Gasteiger partial charge in [-0.1, -0.05) is 11.6 Å². The Morgan fingerprint density at radius 3 is 2.95 bits per heavy atom. The smallest absolute Gasteiger partial charge is 0.176 e. The molecule has 3 aromatic heterocycles. The molecule has 0 saturated heterocycles. The minimum atomic E-state index is -0.123. The van der Waals surface area contributed by atoms with Gasteiger partial charge in [0, 0.05) is 6.20 Å². The van der Waals surface area contributed by atoms with Gasteiger partial charge in [0.15, 0.2) is 27.4 Å². The summed E-state index contributed by atoms with van der Waals surface area (Å²) in [6.07, 6.45) is 1.45. The van der Waals surface area contributed by atoms with E-state index in [9.17, 15) is 5.11 Å². The lowest BCUT2D eigenvalue weighted by atomic mass is 10.2. The molecule has 0 aromatic carbocycles. The Morgan fingerprint density at radius 2 is 2.19 bits per heavy atom. The second-order valence-electron chi connectivity index (χ2n) is 3.87. The molecule has 3 aromatic rings. The van der Waals surface area contributed by atoms with Gasteiger partial charge < -0.3 is 5.11 Å². The lowest BCUT2D eigenvalue weighted by Crippen LogP contribution is -1.79. The van der Waals surface area contributed by atoms with Gasteiger partial charge in [0.1, 0.15) is 6.07 Å². The molecule has 0 fully saturated rings. The van der Waals surface area contributed by atoms with Crippen molar-refractivity contribution in [1.29, 1.82) is 5.26 Å². The number of aromatic nitrogens is 3. The highest BCUT2D eigenvalue weighted by Crippen LogP contribution is 2.31. The molecule has 0 saturated carbocycles. The van der Waals surface area contributed by atoms with Crippen LogP contribution < -0.4 is 0 Å². The molecule has 0 aliphatic heterocycles. The minimum absolute atomic E-state index is 0.0472. The first-order valence-electron chi connectivity index (χ1n) is 5.60. The fourth-order valence-electron chi connectivity index (χ4n) is 1.53. The first-order chi connectivity index (χ1) is 10.2. The first kappa shape index (κ1) is 13.4. The fraction of sp³-hybridized carbons (Fsp3) is 0. The van der Waals surface area contributed by atoms with Crippen molar-refractivity contribution < 1.29 is 5.11 Å². The van der Waals surface area contributed by atoms with Gasteiger partial charge in [-0.2, -0.15) is 9.64 Å². The summed E-state index contributed by atoms with van der Waals surface area (Å²) in [5, 5.41) is 27.2. The van der Waals surface area contributed by atoms with Crippen LogP contribution >= 0.6 is 23.1 Å². The predicted octanol–water partition coefficient (Wildman–Crippen LogP) is 3.73. The van der Waals surface area contributed by atoms with Crippen molar-refractivity contribution in [3.8, 4) is 11.8 Å². The zero-order chi connectivity index (χ0) is 14.8. The van der Waals surface area contributed by atoms with Crippen LogP contribution in [-0.4, -0.2) is 19.4 Å². The van der Waals surface area contributed by atoms with E-state index in [0.717, 1.165) is 11.5 Å². The molecule has 9 heteroatoms. The zero-order valence-corrected chi connectivity index (χ0v) is 11.8. The molecule has 3 rings (SSSR count). The highest BCUT2D eigenvalue weighted by molar-refractivity contribution is 7.11. The standard InChI is InChI=1S/C12H5ClN6OS/c13-10-8(20)1-2-9(16-10)17-18-12-7-3-6(4-14)5-15-11(7)19-21-12/h1-3,5,20H. The molecule has 102 valence electrons. The van der Waals surface area contributed by atoms with Gasteiger partial charge in [0.05, 0.1) is 10.9 Å². The van der Waals surface area contributed by atoms with Crippen molar-refractivity contribution >= 4 is 45.0 Å². The van der Waals surface area contributed by atoms with Crippen molar-refractivity contribution in [2.45, 2.75) is 0 Å². The predicted molar refractivity (Wildman–Crippen MR) is 77.2 cm³/mol. The van der Waals surface area contributed by atoms with E-state index in [1.54, 1.807) is 6.07 Å². The minimum Gasteiger partial charge on any atom is -0.505 e. The third kappa shape index (κ3) is 2.65. The second-order valence-corrected chi connectivity index (χ2v) is 4.98. The van der Waals surface area contributed by atoms with E-state index >= 15 is 0 Å². The zero-order valence-electron chi connectivity index (χ0n) is 10.2. The van der Waals surface area contributed by atoms with Crippen LogP contribution in [0, 0.1) is 11.3 Å². The average molecular weight is 317 g/mol. The maximum absolute atomic E-state index is 9.28. The molecular weight excluding hydrogens is 312 g/mol. The molecule has 0 aliphatic carbocycles. The summed E-state index contributed by atoms with van der Waals surface area (Å²) in [7, 11) is 0. The third-order valence-electron chi connectivity index (χ3n) is 2.50. The van der Waals surface area contributed by atoms with Crippen molar-refractivity contribution in [3.63, 3.8) is 0 Å². The lowest BCUT2D eigenvalue weighted by Gasteiger charge is -1.95. The molecule has 0 spiro atoms. The normalized spacial score (nSPS) is 11.0. The number of hydrogen-bond donors (Lipinski definition) is 1. The number of pyridine rings is 2. The number of aromatic hydroxyl groups is 1. The van der Waals surface area contributed by atoms with Gasteiger partial charge >= 0.3 is 0 Å². The van der Waals surface area contributed by atoms with Crippen LogP contribution in [0.25, 0.3) is 11.0 Å². The number of halogens is 1. The molecule has 3 heterocycles. The Morgan fingerprint density at radius 1 is 1.33 bits per heavy atom. The van der Waals surface area contributed by atoms with E-state index in [0.29, 0.717) is 21.6 Å². The summed E-state index contributed by atoms with van der Waals surface area (Å²) in [6, 6.07) is 6.52. The third-order valence-corrected chi connectivity index (χ3v) is 3.52. The van der Waals surface area contributed by atoms with Crippen LogP contribution in [0.5, 0.6) is 5.75 Å². The largest absolute Gasteiger partial charge is 0.505 e. The quantitative estimate of drug-likeness (QED) is 0.572. The number of hydrogen-bond acceptors (Lipinski definition) is 8. The van der Waals surface area contributed by atoms with Crippen LogP contribution in [0.15, 0.2) is 34.6 Å². The van der Waals surface area contributed by atoms with E-state index in [1.165, 1.54) is 18.3 Å². The van der Waals surface area contributed by atoms with Gasteiger partial charge in [0.2, 0.25) is 0 Å². The van der Waals surface area contributed by atoms with E-state index in [1.807, 2.05) is 6.07 Å². The molecule has 0 amide bonds. The fourth-order valence-corrected chi connectivity index (χ4v) is 2.32. The van der Waals surface area contributed by atoms with Gasteiger partial charge in [-0.05, 0) is 29.7 Å². The Kier molecular flexibility index (Phi) is 3.43. The molecule has 0 bridgehead atoms. The van der Waals surface area contributed by atoms with Gasteiger partial charge in [-0.3, -0.25) is 0 Å². The Labute approximate surface area is 127 Å². The molecule has 21 heavy (non-hydrogen) atoms. The second kappa shape index (κ2) is 5.40. The molecule has 1 N–H and O–H groups in total. The van der Waals surface area contributed by atoms with Crippen LogP contribution in [0.4, 0.5) is 10.8 Å². The maximum atomic E-state index is 9.28. The number of azo groups is 1. The monoisotopic (exact) mass is 316 g/mol. The average Bonchev–Trinajstić information content (AvgIpc) is 2.90. The van der Waals surface area contributed by atoms with Gasteiger partial charge in [-0.25, -0.2) is 9.97 Å². The van der Waals surface area contributed by atoms with Crippen molar-refractivity contribution in [3.05, 3.63) is 35.1 Å². The van der Waals surface area contributed by atoms with Crippen molar-refractivity contribution in [2.75, 3.05) is 0 Å². The van der Waals surface area contributed by atoms with E-state index in [2.05, 4.69) is 24.6 Å². The summed E-state index contributed by atoms with van der Waals surface area (Å²) in [5.41, 5.74) is 0.926. The molecule has 0 radical (unpaired) electrons. The SMILES string of the molecule is N#Cc1cnc2nsc(N=Nc3ccc(O)c(Cl)n3)c2c1. The Bertz CT molecular complexity index is 900. The summed E-state index contributed by atoms with van der Waals surface area (Å²) < 4.78 is 4.12. The Hall–Kier alpha value is -2.63. The number of nitriles is 1. The molecule has 7 nitrogen and oxygen atoms in total. The summed E-state index contributed by atoms with van der Waals surface area (Å²) in [5.74, 6) is 0.130. The number of rotatable bonds is 2. The highest BCUT2D eigenvalue weighted by atomic mass is 35.5. The van der Waals surface area contributed by atoms with Crippen molar-refractivity contribution in [1.82, 2.24) is 14.3 Å². The molecule has 0 atom stereocenters. The first-order valence-corrected chi connectivity index (χ1v) is 6.75. The maximum Gasteiger partial charge on any atom is 0.176 e. The summed E-state index contributed by atoms with van der Waals surface area (Å²) in [4.78, 5) is 7.92. The van der Waals surface area contributed by atoms with Crippen LogP contribution in [-0.2, 0) is 0 Å². The van der Waals surface area contributed by atoms with Crippen LogP contribution in [0.3, 0.4) is 0 Å². The van der Waals surface area contributed by atoms with E-state index in [-0.39, 0.29) is 16.7 Å². The topological polar surface area (TPSA) is 107 Å². The summed E-state index contributed by atoms with van der Waals surface area (Å²) >= 11 is 6.81. The number of nitrogens with zero attached hydrogens (tertiary/aromatic N) is 6. The lowest BCUT2D eigenvalue weighted by molar-refractivity contribution is 0.473. The molecule has 0 unspecified atom stereocenters. The molecular formula is C12H5ClN6OS. The van der Waals surface area contributed by atoms with Gasteiger partial charge in [-0.15, -0.1) is 10.2 Å². The van der Waals surface area contributed by atoms with Gasteiger partial charge in [0.25, 0.3) is 0 Å².